The molecule has 0 saturated carbocycles. The quantitative estimate of drug-likeness (QED) is 0.696. The summed E-state index contributed by atoms with van der Waals surface area (Å²) in [6.45, 7) is 13.7. The molecule has 0 aliphatic heterocycles. The second-order valence-electron chi connectivity index (χ2n) is 6.01. The summed E-state index contributed by atoms with van der Waals surface area (Å²) in [5.74, 6) is 0. The lowest BCUT2D eigenvalue weighted by atomic mass is 9.94. The monoisotopic (exact) mass is 232 g/mol. The molecule has 0 aliphatic carbocycles. The molecule has 0 heterocycles. The first-order valence-corrected chi connectivity index (χ1v) is 7.32. The molecule has 0 aromatic heterocycles. The highest BCUT2D eigenvalue weighted by atomic mass is 28.2. The van der Waals surface area contributed by atoms with Crippen LogP contribution in [0.1, 0.15) is 43.9 Å². The van der Waals surface area contributed by atoms with Crippen molar-refractivity contribution in [1.82, 2.24) is 0 Å². The topological polar surface area (TPSA) is 0 Å². The molecule has 1 rings (SSSR count). The summed E-state index contributed by atoms with van der Waals surface area (Å²) >= 11 is 0. The Labute approximate surface area is 103 Å². The summed E-state index contributed by atoms with van der Waals surface area (Å²) in [5.41, 5.74) is 4.81. The van der Waals surface area contributed by atoms with Gasteiger partial charge in [-0.1, -0.05) is 67.2 Å². The van der Waals surface area contributed by atoms with Crippen LogP contribution >= 0.6 is 0 Å². The normalized spacial score (nSPS) is 11.9. The molecule has 0 spiro atoms. The van der Waals surface area contributed by atoms with Gasteiger partial charge in [-0.15, -0.1) is 0 Å². The largest absolute Gasteiger partial charge is 0.0815 e. The third-order valence-electron chi connectivity index (χ3n) is 2.85. The Morgan fingerprint density at radius 1 is 1.00 bits per heavy atom. The summed E-state index contributed by atoms with van der Waals surface area (Å²) in [6.07, 6.45) is 1.32. The third kappa shape index (κ3) is 4.13. The number of aryl methyl sites for hydroxylation is 3. The zero-order chi connectivity index (χ0) is 12.3. The molecule has 88 valence electrons. The fourth-order valence-electron chi connectivity index (χ4n) is 2.02. The average Bonchev–Trinajstić information content (AvgIpc) is 2.07. The molecule has 0 bridgehead atoms. The van der Waals surface area contributed by atoms with Crippen molar-refractivity contribution in [1.29, 1.82) is 0 Å². The third-order valence-corrected chi connectivity index (χ3v) is 4.50. The van der Waals surface area contributed by atoms with Gasteiger partial charge in [0.25, 0.3) is 0 Å². The Balaban J connectivity index is 2.68. The van der Waals surface area contributed by atoms with Gasteiger partial charge < -0.3 is 0 Å². The van der Waals surface area contributed by atoms with Crippen LogP contribution < -0.4 is 5.19 Å². The summed E-state index contributed by atoms with van der Waals surface area (Å²) in [7, 11) is 0.972. The maximum atomic E-state index is 2.33. The van der Waals surface area contributed by atoms with Gasteiger partial charge in [0.1, 0.15) is 0 Å². The highest BCUT2D eigenvalue weighted by Gasteiger charge is 2.11. The predicted octanol–water partition coefficient (Wildman–Crippen LogP) is 3.80. The minimum Gasteiger partial charge on any atom is -0.0602 e. The van der Waals surface area contributed by atoms with Crippen molar-refractivity contribution in [3.63, 3.8) is 0 Å². The van der Waals surface area contributed by atoms with E-state index in [0.29, 0.717) is 5.41 Å². The zero-order valence-electron chi connectivity index (χ0n) is 11.6. The van der Waals surface area contributed by atoms with E-state index < -0.39 is 0 Å². The van der Waals surface area contributed by atoms with E-state index >= 15 is 0 Å². The van der Waals surface area contributed by atoms with Crippen molar-refractivity contribution in [2.24, 2.45) is 5.41 Å². The molecular formula is C15H24Si. The lowest BCUT2D eigenvalue weighted by molar-refractivity contribution is 0.397. The molecule has 0 saturated heterocycles. The first-order valence-electron chi connectivity index (χ1n) is 6.11. The highest BCUT2D eigenvalue weighted by molar-refractivity contribution is 6.54. The molecule has 0 N–H and O–H groups in total. The van der Waals surface area contributed by atoms with Crippen molar-refractivity contribution < 1.29 is 0 Å². The molecule has 1 aromatic rings. The molecule has 0 amide bonds. The van der Waals surface area contributed by atoms with E-state index in [1.165, 1.54) is 29.2 Å². The molecule has 0 nitrogen and oxygen atoms in total. The average molecular weight is 232 g/mol. The van der Waals surface area contributed by atoms with Gasteiger partial charge in [-0.2, -0.15) is 0 Å². The van der Waals surface area contributed by atoms with Crippen molar-refractivity contribution in [2.75, 3.05) is 0 Å². The van der Waals surface area contributed by atoms with E-state index in [1.807, 2.05) is 0 Å². The van der Waals surface area contributed by atoms with Gasteiger partial charge in [-0.25, -0.2) is 0 Å². The summed E-state index contributed by atoms with van der Waals surface area (Å²) in [6, 6.07) is 5.95. The van der Waals surface area contributed by atoms with Gasteiger partial charge in [0.05, 0.1) is 9.52 Å². The standard InChI is InChI=1S/C15H24Si/c1-11-9-12(2)14(13(3)10-11)16-8-7-15(4,5)6/h9-10H,7-8H2,1-6H3. The van der Waals surface area contributed by atoms with E-state index in [9.17, 15) is 0 Å². The first kappa shape index (κ1) is 13.5. The molecule has 16 heavy (non-hydrogen) atoms. The van der Waals surface area contributed by atoms with E-state index in [-0.39, 0.29) is 0 Å². The number of hydrogen-bond acceptors (Lipinski definition) is 0. The number of rotatable bonds is 3. The first-order chi connectivity index (χ1) is 7.29. The Morgan fingerprint density at radius 2 is 1.50 bits per heavy atom. The van der Waals surface area contributed by atoms with Crippen molar-refractivity contribution in [3.8, 4) is 0 Å². The van der Waals surface area contributed by atoms with E-state index in [1.54, 1.807) is 5.19 Å². The number of benzene rings is 1. The van der Waals surface area contributed by atoms with Crippen LogP contribution in [0.5, 0.6) is 0 Å². The maximum Gasteiger partial charge on any atom is 0.0815 e. The molecule has 0 atom stereocenters. The van der Waals surface area contributed by atoms with Crippen LogP contribution in [0.15, 0.2) is 12.1 Å². The fraction of sp³-hybridized carbons (Fsp3) is 0.600. The molecule has 1 aromatic carbocycles. The van der Waals surface area contributed by atoms with E-state index in [0.717, 1.165) is 9.52 Å². The SMILES string of the molecule is Cc1cc(C)c([Si]CCC(C)(C)C)c(C)c1. The summed E-state index contributed by atoms with van der Waals surface area (Å²) in [4.78, 5) is 0. The van der Waals surface area contributed by atoms with Crippen molar-refractivity contribution in [2.45, 2.75) is 54.0 Å². The van der Waals surface area contributed by atoms with Crippen LogP contribution in [0.25, 0.3) is 0 Å². The Kier molecular flexibility index (Phi) is 4.37. The van der Waals surface area contributed by atoms with Gasteiger partial charge in [0, 0.05) is 0 Å². The summed E-state index contributed by atoms with van der Waals surface area (Å²) in [5, 5.41) is 1.59. The van der Waals surface area contributed by atoms with E-state index in [2.05, 4.69) is 53.7 Å². The molecule has 0 unspecified atom stereocenters. The minimum absolute atomic E-state index is 0.472. The second-order valence-corrected chi connectivity index (χ2v) is 7.36. The Morgan fingerprint density at radius 3 is 1.94 bits per heavy atom. The molecule has 2 radical (unpaired) electrons. The lowest BCUT2D eigenvalue weighted by Crippen LogP contribution is -2.22. The van der Waals surface area contributed by atoms with Crippen LogP contribution in [0.3, 0.4) is 0 Å². The van der Waals surface area contributed by atoms with Crippen LogP contribution in [0.2, 0.25) is 6.04 Å². The van der Waals surface area contributed by atoms with Crippen LogP contribution in [-0.4, -0.2) is 9.52 Å². The van der Waals surface area contributed by atoms with Gasteiger partial charge >= 0.3 is 0 Å². The van der Waals surface area contributed by atoms with Crippen LogP contribution in [-0.2, 0) is 0 Å². The predicted molar refractivity (Wildman–Crippen MR) is 74.9 cm³/mol. The van der Waals surface area contributed by atoms with Crippen molar-refractivity contribution in [3.05, 3.63) is 28.8 Å². The second kappa shape index (κ2) is 5.18. The Bertz CT molecular complexity index is 335. The van der Waals surface area contributed by atoms with Gasteiger partial charge in [0.15, 0.2) is 0 Å². The molecule has 0 aliphatic rings. The van der Waals surface area contributed by atoms with Gasteiger partial charge in [-0.3, -0.25) is 0 Å². The van der Waals surface area contributed by atoms with Crippen molar-refractivity contribution >= 4 is 14.7 Å². The van der Waals surface area contributed by atoms with E-state index in [4.69, 9.17) is 0 Å². The van der Waals surface area contributed by atoms with Crippen LogP contribution in [0, 0.1) is 26.2 Å². The smallest absolute Gasteiger partial charge is 0.0602 e. The van der Waals surface area contributed by atoms with Gasteiger partial charge in [0.2, 0.25) is 0 Å². The lowest BCUT2D eigenvalue weighted by Gasteiger charge is -2.18. The minimum atomic E-state index is 0.472. The van der Waals surface area contributed by atoms with Gasteiger partial charge in [-0.05, 0) is 26.2 Å². The van der Waals surface area contributed by atoms with Crippen LogP contribution in [0.4, 0.5) is 0 Å². The highest BCUT2D eigenvalue weighted by Crippen LogP contribution is 2.20. The molecular weight excluding hydrogens is 208 g/mol. The fourth-order valence-corrected chi connectivity index (χ4v) is 3.85. The zero-order valence-corrected chi connectivity index (χ0v) is 12.6. The maximum absolute atomic E-state index is 2.33. The molecule has 0 fully saturated rings. The number of hydrogen-bond donors (Lipinski definition) is 0. The Hall–Kier alpha value is -0.563. The molecule has 1 heteroatoms. The summed E-state index contributed by atoms with van der Waals surface area (Å²) < 4.78 is 0.